The second kappa shape index (κ2) is 8.03. The summed E-state index contributed by atoms with van der Waals surface area (Å²) < 4.78 is 31.5. The van der Waals surface area contributed by atoms with Crippen LogP contribution in [-0.2, 0) is 10.1 Å². The van der Waals surface area contributed by atoms with Crippen LogP contribution in [0.2, 0.25) is 0 Å². The average Bonchev–Trinajstić information content (AvgIpc) is 2.20. The summed E-state index contributed by atoms with van der Waals surface area (Å²) in [6.45, 7) is 4.22. The van der Waals surface area contributed by atoms with E-state index in [0.717, 1.165) is 0 Å². The van der Waals surface area contributed by atoms with Gasteiger partial charge in [-0.25, -0.2) is 8.42 Å². The maximum atomic E-state index is 10.5. The molecule has 0 aromatic carbocycles. The third kappa shape index (κ3) is 7.96. The minimum absolute atomic E-state index is 0.101. The van der Waals surface area contributed by atoms with Crippen LogP contribution in [0.25, 0.3) is 0 Å². The van der Waals surface area contributed by atoms with Crippen molar-refractivity contribution in [2.45, 2.75) is 32.6 Å². The maximum Gasteiger partial charge on any atom is 0.134 e. The van der Waals surface area contributed by atoms with Crippen LogP contribution in [0.1, 0.15) is 20.3 Å². The second-order valence-electron chi connectivity index (χ2n) is 4.65. The molecule has 0 rings (SSSR count). The first-order valence-corrected chi connectivity index (χ1v) is 7.39. The first kappa shape index (κ1) is 17.8. The lowest BCUT2D eigenvalue weighted by Gasteiger charge is -2.31. The largest absolute Gasteiger partial charge is 0.748 e. The number of rotatable bonds is 9. The van der Waals surface area contributed by atoms with Gasteiger partial charge in [-0.15, -0.1) is 0 Å². The molecule has 0 aromatic rings. The molecule has 0 bridgehead atoms. The smallest absolute Gasteiger partial charge is 0.134 e. The van der Waals surface area contributed by atoms with Gasteiger partial charge in [0.1, 0.15) is 12.3 Å². The highest BCUT2D eigenvalue weighted by Gasteiger charge is 2.25. The molecule has 0 heterocycles. The van der Waals surface area contributed by atoms with E-state index < -0.39 is 28.2 Å². The summed E-state index contributed by atoms with van der Waals surface area (Å²) in [6.07, 6.45) is -2.43. The van der Waals surface area contributed by atoms with Crippen LogP contribution in [0.3, 0.4) is 0 Å². The minimum Gasteiger partial charge on any atom is -0.748 e. The second-order valence-corrected chi connectivity index (χ2v) is 6.10. The Kier molecular flexibility index (Phi) is 7.92. The Labute approximate surface area is 108 Å². The van der Waals surface area contributed by atoms with Crippen LogP contribution in [0, 0.1) is 5.92 Å². The lowest BCUT2D eigenvalue weighted by atomic mass is 10.1. The zero-order valence-electron chi connectivity index (χ0n) is 10.7. The van der Waals surface area contributed by atoms with Crippen molar-refractivity contribution in [1.82, 2.24) is 4.90 Å². The molecule has 0 aliphatic rings. The minimum atomic E-state index is -4.60. The highest BCUT2D eigenvalue weighted by molar-refractivity contribution is 7.85. The van der Waals surface area contributed by atoms with Crippen LogP contribution in [-0.4, -0.2) is 71.0 Å². The molecule has 2 unspecified atom stereocenters. The van der Waals surface area contributed by atoms with Crippen molar-refractivity contribution >= 4 is 10.1 Å². The van der Waals surface area contributed by atoms with E-state index in [9.17, 15) is 23.2 Å². The summed E-state index contributed by atoms with van der Waals surface area (Å²) in [5, 5.41) is 28.1. The lowest BCUT2D eigenvalue weighted by Crippen LogP contribution is -2.48. The van der Waals surface area contributed by atoms with Crippen LogP contribution in [0.15, 0.2) is 0 Å². The molecule has 18 heavy (non-hydrogen) atoms. The molecule has 2 atom stereocenters. The normalized spacial score (nSPS) is 16.2. The summed E-state index contributed by atoms with van der Waals surface area (Å²) in [5.74, 6) is -0.684. The first-order valence-electron chi connectivity index (χ1n) is 5.82. The van der Waals surface area contributed by atoms with E-state index in [1.165, 1.54) is 4.90 Å². The van der Waals surface area contributed by atoms with Gasteiger partial charge in [-0.2, -0.15) is 0 Å². The molecule has 0 saturated heterocycles. The van der Waals surface area contributed by atoms with Gasteiger partial charge in [-0.1, -0.05) is 13.8 Å². The monoisotopic (exact) mass is 284 g/mol. The van der Waals surface area contributed by atoms with Crippen molar-refractivity contribution in [2.75, 3.05) is 25.4 Å². The standard InChI is InChI=1S/C10H23NO6S/c1-8(2)3-4-11(5-6-12)10(14)9(13)7-18(15,16)17/h8-10,12-14H,3-7H2,1-2H3,(H,15,16,17)/p-1. The summed E-state index contributed by atoms with van der Waals surface area (Å²) in [4.78, 5) is 1.36. The quantitative estimate of drug-likeness (QED) is 0.350. The third-order valence-electron chi connectivity index (χ3n) is 2.47. The molecule has 0 fully saturated rings. The Hall–Kier alpha value is -0.250. The van der Waals surface area contributed by atoms with Crippen molar-refractivity contribution in [3.63, 3.8) is 0 Å². The van der Waals surface area contributed by atoms with Gasteiger partial charge in [0.15, 0.2) is 0 Å². The Morgan fingerprint density at radius 3 is 2.17 bits per heavy atom. The number of aliphatic hydroxyl groups is 3. The topological polar surface area (TPSA) is 121 Å². The molecule has 0 amide bonds. The molecule has 0 radical (unpaired) electrons. The first-order chi connectivity index (χ1) is 8.17. The molecule has 0 aliphatic carbocycles. The Bertz CT molecular complexity index is 318. The Morgan fingerprint density at radius 1 is 1.22 bits per heavy atom. The molecule has 0 aliphatic heterocycles. The van der Waals surface area contributed by atoms with Crippen LogP contribution in [0.5, 0.6) is 0 Å². The maximum absolute atomic E-state index is 10.5. The molecule has 8 heteroatoms. The molecule has 0 spiro atoms. The summed E-state index contributed by atoms with van der Waals surface area (Å²) in [7, 11) is -4.60. The van der Waals surface area contributed by atoms with Gasteiger partial charge >= 0.3 is 0 Å². The number of hydrogen-bond acceptors (Lipinski definition) is 7. The van der Waals surface area contributed by atoms with Crippen LogP contribution >= 0.6 is 0 Å². The van der Waals surface area contributed by atoms with E-state index in [2.05, 4.69) is 0 Å². The van der Waals surface area contributed by atoms with Gasteiger partial charge in [-0.3, -0.25) is 4.90 Å². The lowest BCUT2D eigenvalue weighted by molar-refractivity contribution is -0.0801. The van der Waals surface area contributed by atoms with Gasteiger partial charge in [0.25, 0.3) is 0 Å². The molecular weight excluding hydrogens is 262 g/mol. The van der Waals surface area contributed by atoms with Gasteiger partial charge in [0, 0.05) is 13.1 Å². The van der Waals surface area contributed by atoms with E-state index in [1.807, 2.05) is 13.8 Å². The molecule has 0 saturated carbocycles. The summed E-state index contributed by atoms with van der Waals surface area (Å²) >= 11 is 0. The Balaban J connectivity index is 4.48. The van der Waals surface area contributed by atoms with E-state index in [-0.39, 0.29) is 13.2 Å². The third-order valence-corrected chi connectivity index (χ3v) is 3.22. The molecule has 110 valence electrons. The molecule has 0 aromatic heterocycles. The van der Waals surface area contributed by atoms with Gasteiger partial charge in [0.2, 0.25) is 0 Å². The van der Waals surface area contributed by atoms with Crippen molar-refractivity contribution in [2.24, 2.45) is 5.92 Å². The average molecular weight is 284 g/mol. The van der Waals surface area contributed by atoms with Crippen molar-refractivity contribution in [3.8, 4) is 0 Å². The summed E-state index contributed by atoms with van der Waals surface area (Å²) in [5.41, 5.74) is 0. The SMILES string of the molecule is CC(C)CCN(CCO)C(O)C(O)CS(=O)(=O)[O-]. The fourth-order valence-electron chi connectivity index (χ4n) is 1.47. The van der Waals surface area contributed by atoms with Gasteiger partial charge in [-0.05, 0) is 12.3 Å². The fourth-order valence-corrected chi connectivity index (χ4v) is 2.06. The summed E-state index contributed by atoms with van der Waals surface area (Å²) in [6, 6.07) is 0. The zero-order valence-corrected chi connectivity index (χ0v) is 11.5. The zero-order chi connectivity index (χ0) is 14.3. The van der Waals surface area contributed by atoms with E-state index >= 15 is 0 Å². The van der Waals surface area contributed by atoms with Crippen molar-refractivity contribution < 1.29 is 28.3 Å². The predicted octanol–water partition coefficient (Wildman–Crippen LogP) is -1.45. The number of hydrogen-bond donors (Lipinski definition) is 3. The fraction of sp³-hybridized carbons (Fsp3) is 1.00. The highest BCUT2D eigenvalue weighted by Crippen LogP contribution is 2.08. The Morgan fingerprint density at radius 2 is 1.78 bits per heavy atom. The molecule has 7 nitrogen and oxygen atoms in total. The predicted molar refractivity (Wildman–Crippen MR) is 64.7 cm³/mol. The van der Waals surface area contributed by atoms with Crippen LogP contribution in [0.4, 0.5) is 0 Å². The van der Waals surface area contributed by atoms with Gasteiger partial charge in [0.05, 0.1) is 22.5 Å². The van der Waals surface area contributed by atoms with Gasteiger partial charge < -0.3 is 19.9 Å². The molecular formula is C10H22NO6S-. The van der Waals surface area contributed by atoms with Crippen LogP contribution < -0.4 is 0 Å². The molecule has 3 N–H and O–H groups in total. The van der Waals surface area contributed by atoms with Crippen molar-refractivity contribution in [1.29, 1.82) is 0 Å². The van der Waals surface area contributed by atoms with E-state index in [0.29, 0.717) is 18.9 Å². The van der Waals surface area contributed by atoms with Crippen molar-refractivity contribution in [3.05, 3.63) is 0 Å². The number of nitrogens with zero attached hydrogens (tertiary/aromatic N) is 1. The number of aliphatic hydroxyl groups excluding tert-OH is 3. The highest BCUT2D eigenvalue weighted by atomic mass is 32.2. The van der Waals surface area contributed by atoms with E-state index in [1.54, 1.807) is 0 Å². The van der Waals surface area contributed by atoms with E-state index in [4.69, 9.17) is 5.11 Å².